The molecule has 8 nitrogen and oxygen atoms in total. The zero-order valence-corrected chi connectivity index (χ0v) is 16.3. The monoisotopic (exact) mass is 397 g/mol. The highest BCUT2D eigenvalue weighted by atomic mass is 16.5. The third-order valence-electron chi connectivity index (χ3n) is 3.71. The van der Waals surface area contributed by atoms with E-state index >= 15 is 0 Å². The fourth-order valence-electron chi connectivity index (χ4n) is 2.26. The molecule has 0 aliphatic carbocycles. The van der Waals surface area contributed by atoms with Gasteiger partial charge in [0.25, 0.3) is 11.8 Å². The maximum Gasteiger partial charge on any atom is 0.259 e. The second-order valence-electron chi connectivity index (χ2n) is 5.71. The zero-order chi connectivity index (χ0) is 21.1. The summed E-state index contributed by atoms with van der Waals surface area (Å²) in [5.41, 5.74) is 3.48. The third-order valence-corrected chi connectivity index (χ3v) is 3.71. The van der Waals surface area contributed by atoms with Crippen molar-refractivity contribution in [3.8, 4) is 17.2 Å². The number of rotatable bonds is 10. The molecular formula is C21H23N3O5. The van der Waals surface area contributed by atoms with Crippen molar-refractivity contribution in [2.75, 3.05) is 27.4 Å². The van der Waals surface area contributed by atoms with Gasteiger partial charge in [-0.2, -0.15) is 5.10 Å². The van der Waals surface area contributed by atoms with E-state index in [4.69, 9.17) is 14.2 Å². The summed E-state index contributed by atoms with van der Waals surface area (Å²) in [6.45, 7) is 3.79. The fraction of sp³-hybridized carbons (Fsp3) is 0.190. The predicted molar refractivity (Wildman–Crippen MR) is 110 cm³/mol. The van der Waals surface area contributed by atoms with Crippen LogP contribution in [0.25, 0.3) is 0 Å². The highest BCUT2D eigenvalue weighted by molar-refractivity contribution is 5.97. The molecule has 0 bridgehead atoms. The molecular weight excluding hydrogens is 374 g/mol. The number of benzene rings is 2. The van der Waals surface area contributed by atoms with Crippen LogP contribution in [0.15, 0.2) is 60.2 Å². The number of methoxy groups -OCH3 is 2. The van der Waals surface area contributed by atoms with Crippen molar-refractivity contribution < 1.29 is 23.8 Å². The Hall–Kier alpha value is -3.81. The minimum atomic E-state index is -0.457. The van der Waals surface area contributed by atoms with Crippen LogP contribution in [0, 0.1) is 0 Å². The molecule has 2 aromatic carbocycles. The average molecular weight is 397 g/mol. The molecule has 0 aliphatic heterocycles. The highest BCUT2D eigenvalue weighted by Crippen LogP contribution is 2.27. The molecule has 0 saturated carbocycles. The first-order chi connectivity index (χ1) is 14.1. The molecule has 0 unspecified atom stereocenters. The lowest BCUT2D eigenvalue weighted by Gasteiger charge is -2.09. The number of hydrazone groups is 1. The summed E-state index contributed by atoms with van der Waals surface area (Å²) in [5.74, 6) is 0.775. The predicted octanol–water partition coefficient (Wildman–Crippen LogP) is 2.15. The van der Waals surface area contributed by atoms with Gasteiger partial charge in [0.05, 0.1) is 27.0 Å². The number of hydrogen-bond donors (Lipinski definition) is 2. The number of amides is 2. The quantitative estimate of drug-likeness (QED) is 0.364. The van der Waals surface area contributed by atoms with Gasteiger partial charge >= 0.3 is 0 Å². The van der Waals surface area contributed by atoms with Crippen LogP contribution in [0.1, 0.15) is 15.9 Å². The van der Waals surface area contributed by atoms with Gasteiger partial charge in [0.1, 0.15) is 12.4 Å². The Morgan fingerprint density at radius 2 is 1.79 bits per heavy atom. The maximum atomic E-state index is 12.2. The molecule has 2 rings (SSSR count). The molecule has 0 fully saturated rings. The van der Waals surface area contributed by atoms with Gasteiger partial charge in [-0.15, -0.1) is 0 Å². The van der Waals surface area contributed by atoms with Gasteiger partial charge in [-0.1, -0.05) is 12.7 Å². The van der Waals surface area contributed by atoms with Crippen LogP contribution in [0.4, 0.5) is 0 Å². The van der Waals surface area contributed by atoms with Crippen molar-refractivity contribution >= 4 is 18.0 Å². The van der Waals surface area contributed by atoms with Crippen LogP contribution in [-0.4, -0.2) is 45.4 Å². The molecule has 29 heavy (non-hydrogen) atoms. The Morgan fingerprint density at radius 3 is 2.45 bits per heavy atom. The number of carbonyl (C=O) groups is 2. The summed E-state index contributed by atoms with van der Waals surface area (Å²) in [6, 6.07) is 11.9. The maximum absolute atomic E-state index is 12.2. The summed E-state index contributed by atoms with van der Waals surface area (Å²) >= 11 is 0. The largest absolute Gasteiger partial charge is 0.493 e. The van der Waals surface area contributed by atoms with Gasteiger partial charge in [0, 0.05) is 5.56 Å². The van der Waals surface area contributed by atoms with Gasteiger partial charge in [0.2, 0.25) is 0 Å². The summed E-state index contributed by atoms with van der Waals surface area (Å²) < 4.78 is 15.7. The Balaban J connectivity index is 1.81. The lowest BCUT2D eigenvalue weighted by atomic mass is 10.2. The summed E-state index contributed by atoms with van der Waals surface area (Å²) in [5, 5.41) is 6.38. The smallest absolute Gasteiger partial charge is 0.259 e. The van der Waals surface area contributed by atoms with E-state index in [1.54, 1.807) is 42.5 Å². The van der Waals surface area contributed by atoms with Crippen molar-refractivity contribution in [3.63, 3.8) is 0 Å². The highest BCUT2D eigenvalue weighted by Gasteiger charge is 2.11. The van der Waals surface area contributed by atoms with E-state index in [-0.39, 0.29) is 6.54 Å². The van der Waals surface area contributed by atoms with Gasteiger partial charge in [0.15, 0.2) is 11.5 Å². The Kier molecular flexibility index (Phi) is 8.25. The van der Waals surface area contributed by atoms with E-state index in [1.165, 1.54) is 26.5 Å². The van der Waals surface area contributed by atoms with Crippen LogP contribution >= 0.6 is 0 Å². The zero-order valence-electron chi connectivity index (χ0n) is 16.3. The van der Waals surface area contributed by atoms with Gasteiger partial charge < -0.3 is 19.5 Å². The normalized spacial score (nSPS) is 10.3. The van der Waals surface area contributed by atoms with Crippen LogP contribution in [0.3, 0.4) is 0 Å². The van der Waals surface area contributed by atoms with E-state index in [1.807, 2.05) is 0 Å². The first-order valence-electron chi connectivity index (χ1n) is 8.73. The summed E-state index contributed by atoms with van der Waals surface area (Å²) in [6.07, 6.45) is 3.15. The van der Waals surface area contributed by atoms with E-state index in [9.17, 15) is 9.59 Å². The van der Waals surface area contributed by atoms with Crippen molar-refractivity contribution in [1.29, 1.82) is 0 Å². The van der Waals surface area contributed by atoms with Crippen LogP contribution in [0.2, 0.25) is 0 Å². The number of carbonyl (C=O) groups excluding carboxylic acids is 2. The van der Waals surface area contributed by atoms with E-state index in [0.717, 1.165) is 5.56 Å². The minimum Gasteiger partial charge on any atom is -0.493 e. The number of hydrogen-bond acceptors (Lipinski definition) is 6. The van der Waals surface area contributed by atoms with Crippen LogP contribution in [0.5, 0.6) is 17.2 Å². The lowest BCUT2D eigenvalue weighted by molar-refractivity contribution is -0.120. The first kappa shape index (κ1) is 21.5. The molecule has 0 aromatic heterocycles. The molecule has 2 aromatic rings. The molecule has 0 spiro atoms. The molecule has 0 heterocycles. The molecule has 8 heteroatoms. The van der Waals surface area contributed by atoms with Gasteiger partial charge in [-0.25, -0.2) is 5.43 Å². The van der Waals surface area contributed by atoms with Crippen molar-refractivity contribution in [2.45, 2.75) is 0 Å². The number of nitrogens with zero attached hydrogens (tertiary/aromatic N) is 1. The fourth-order valence-corrected chi connectivity index (χ4v) is 2.26. The van der Waals surface area contributed by atoms with Crippen molar-refractivity contribution in [1.82, 2.24) is 10.7 Å². The van der Waals surface area contributed by atoms with E-state index in [2.05, 4.69) is 22.4 Å². The van der Waals surface area contributed by atoms with Gasteiger partial charge in [-0.05, 0) is 48.0 Å². The molecule has 152 valence electrons. The van der Waals surface area contributed by atoms with Gasteiger partial charge in [-0.3, -0.25) is 9.59 Å². The number of ether oxygens (including phenoxy) is 3. The lowest BCUT2D eigenvalue weighted by Crippen LogP contribution is -2.34. The minimum absolute atomic E-state index is 0.223. The Morgan fingerprint density at radius 1 is 1.07 bits per heavy atom. The Bertz CT molecular complexity index is 878. The molecule has 0 radical (unpaired) electrons. The van der Waals surface area contributed by atoms with Crippen LogP contribution < -0.4 is 25.0 Å². The summed E-state index contributed by atoms with van der Waals surface area (Å²) in [7, 11) is 2.99. The molecule has 0 aliphatic rings. The first-order valence-corrected chi connectivity index (χ1v) is 8.73. The SMILES string of the molecule is C=CCOc1ccc(/C=N/NC(=O)CNC(=O)c2ccc(OC)c(OC)c2)cc1. The molecule has 2 amide bonds. The third kappa shape index (κ3) is 6.69. The second-order valence-corrected chi connectivity index (χ2v) is 5.71. The Labute approximate surface area is 169 Å². The topological polar surface area (TPSA) is 98.2 Å². The second kappa shape index (κ2) is 11.1. The van der Waals surface area contributed by atoms with Crippen molar-refractivity contribution in [2.24, 2.45) is 5.10 Å². The van der Waals surface area contributed by atoms with Crippen LogP contribution in [-0.2, 0) is 4.79 Å². The van der Waals surface area contributed by atoms with E-state index < -0.39 is 11.8 Å². The van der Waals surface area contributed by atoms with Crippen molar-refractivity contribution in [3.05, 3.63) is 66.2 Å². The molecule has 0 atom stereocenters. The standard InChI is InChI=1S/C21H23N3O5/c1-4-11-29-17-8-5-15(6-9-17)13-23-24-20(25)14-22-21(26)16-7-10-18(27-2)19(12-16)28-3/h4-10,12-13H,1,11,14H2,2-3H3,(H,22,26)(H,24,25)/b23-13+. The average Bonchev–Trinajstić information content (AvgIpc) is 2.76. The molecule has 2 N–H and O–H groups in total. The summed E-state index contributed by atoms with van der Waals surface area (Å²) in [4.78, 5) is 24.0. The molecule has 0 saturated heterocycles. The number of nitrogens with one attached hydrogen (secondary N) is 2. The van der Waals surface area contributed by atoms with E-state index in [0.29, 0.717) is 29.4 Å².